The number of rotatable bonds is 6. The third-order valence-electron chi connectivity index (χ3n) is 5.27. The van der Waals surface area contributed by atoms with Crippen LogP contribution in [-0.4, -0.2) is 19.4 Å². The molecule has 0 radical (unpaired) electrons. The van der Waals surface area contributed by atoms with Gasteiger partial charge in [0, 0.05) is 30.0 Å². The fraction of sp³-hybridized carbons (Fsp3) is 0.0800. The monoisotopic (exact) mass is 453 g/mol. The van der Waals surface area contributed by atoms with E-state index in [2.05, 4.69) is 55.8 Å². The molecule has 0 aliphatic heterocycles. The summed E-state index contributed by atoms with van der Waals surface area (Å²) in [6.07, 6.45) is 5.65. The molecule has 0 fully saturated rings. The van der Waals surface area contributed by atoms with Crippen LogP contribution in [0.2, 0.25) is 0 Å². The molecule has 0 spiro atoms. The van der Waals surface area contributed by atoms with Crippen LogP contribution in [0.5, 0.6) is 0 Å². The molecule has 1 aromatic carbocycles. The van der Waals surface area contributed by atoms with Crippen molar-refractivity contribution in [3.05, 3.63) is 90.5 Å². The van der Waals surface area contributed by atoms with Crippen molar-refractivity contribution in [3.63, 3.8) is 0 Å². The molecule has 8 heteroatoms. The second-order valence-corrected chi connectivity index (χ2v) is 8.79. The summed E-state index contributed by atoms with van der Waals surface area (Å²) < 4.78 is 2.13. The number of nitrogen functional groups attached to an aromatic ring is 1. The van der Waals surface area contributed by atoms with E-state index in [1.54, 1.807) is 17.5 Å². The molecule has 164 valence electrons. The lowest BCUT2D eigenvalue weighted by atomic mass is 10.1. The Morgan fingerprint density at radius 3 is 2.82 bits per heavy atom. The molecule has 0 aliphatic rings. The van der Waals surface area contributed by atoms with E-state index < -0.39 is 0 Å². The number of anilines is 4. The zero-order valence-corrected chi connectivity index (χ0v) is 19.1. The van der Waals surface area contributed by atoms with Gasteiger partial charge >= 0.3 is 0 Å². The van der Waals surface area contributed by atoms with Crippen LogP contribution < -0.4 is 16.4 Å². The Morgan fingerprint density at radius 1 is 1.09 bits per heavy atom. The van der Waals surface area contributed by atoms with Crippen LogP contribution in [0.1, 0.15) is 16.8 Å². The van der Waals surface area contributed by atoms with E-state index in [0.29, 0.717) is 5.82 Å². The molecule has 7 nitrogen and oxygen atoms in total. The number of nitrogens with two attached hydrogens (primary N) is 1. The number of aryl methyl sites for hydroxylation is 2. The quantitative estimate of drug-likeness (QED) is 0.297. The summed E-state index contributed by atoms with van der Waals surface area (Å²) in [7, 11) is 0. The SMILES string of the molecule is C=C(Nc1cccnc1N)c1cccc(Nc2ncc(-c3c(C)nc4ccc(C)cn34)s2)c1. The summed E-state index contributed by atoms with van der Waals surface area (Å²) in [6, 6.07) is 15.8. The minimum atomic E-state index is 0.432. The van der Waals surface area contributed by atoms with Crippen molar-refractivity contribution >= 4 is 45.0 Å². The summed E-state index contributed by atoms with van der Waals surface area (Å²) in [4.78, 5) is 14.4. The molecule has 5 rings (SSSR count). The minimum absolute atomic E-state index is 0.432. The van der Waals surface area contributed by atoms with Gasteiger partial charge in [0.15, 0.2) is 5.13 Å². The average molecular weight is 454 g/mol. The lowest BCUT2D eigenvalue weighted by Crippen LogP contribution is -2.02. The number of fused-ring (bicyclic) bond motifs is 1. The van der Waals surface area contributed by atoms with Crippen LogP contribution in [0.25, 0.3) is 21.9 Å². The Kier molecular flexibility index (Phi) is 5.27. The highest BCUT2D eigenvalue weighted by atomic mass is 32.1. The lowest BCUT2D eigenvalue weighted by Gasteiger charge is -2.12. The number of nitrogens with zero attached hydrogens (tertiary/aromatic N) is 4. The van der Waals surface area contributed by atoms with E-state index in [4.69, 9.17) is 5.73 Å². The molecular weight excluding hydrogens is 430 g/mol. The fourth-order valence-electron chi connectivity index (χ4n) is 3.67. The van der Waals surface area contributed by atoms with Crippen LogP contribution in [-0.2, 0) is 0 Å². The van der Waals surface area contributed by atoms with Crippen LogP contribution in [0, 0.1) is 13.8 Å². The molecule has 0 saturated carbocycles. The van der Waals surface area contributed by atoms with Crippen molar-refractivity contribution in [1.82, 2.24) is 19.4 Å². The zero-order chi connectivity index (χ0) is 22.9. The second-order valence-electron chi connectivity index (χ2n) is 7.76. The van der Waals surface area contributed by atoms with Crippen LogP contribution in [0.15, 0.2) is 73.7 Å². The Bertz CT molecular complexity index is 1480. The van der Waals surface area contributed by atoms with Gasteiger partial charge in [-0.25, -0.2) is 15.0 Å². The van der Waals surface area contributed by atoms with E-state index in [0.717, 1.165) is 49.7 Å². The van der Waals surface area contributed by atoms with E-state index >= 15 is 0 Å². The van der Waals surface area contributed by atoms with Crippen molar-refractivity contribution in [1.29, 1.82) is 0 Å². The Morgan fingerprint density at radius 2 is 1.97 bits per heavy atom. The smallest absolute Gasteiger partial charge is 0.187 e. The first-order chi connectivity index (χ1) is 16.0. The predicted octanol–water partition coefficient (Wildman–Crippen LogP) is 5.88. The van der Waals surface area contributed by atoms with Gasteiger partial charge < -0.3 is 16.4 Å². The molecule has 0 atom stereocenters. The van der Waals surface area contributed by atoms with Crippen molar-refractivity contribution in [2.45, 2.75) is 13.8 Å². The highest BCUT2D eigenvalue weighted by Gasteiger charge is 2.14. The maximum absolute atomic E-state index is 5.93. The molecule has 0 amide bonds. The van der Waals surface area contributed by atoms with Gasteiger partial charge in [-0.1, -0.05) is 36.1 Å². The van der Waals surface area contributed by atoms with Gasteiger partial charge in [-0.05, 0) is 55.3 Å². The number of hydrogen-bond acceptors (Lipinski definition) is 7. The standard InChI is InChI=1S/C25H23N7S/c1-15-9-10-22-30-17(3)23(32(22)14-15)21-13-28-25(33-21)31-19-7-4-6-18(12-19)16(2)29-20-8-5-11-27-24(20)26/h4-14,29H,2H2,1,3H3,(H2,26,27)(H,28,31). The first kappa shape index (κ1) is 20.7. The summed E-state index contributed by atoms with van der Waals surface area (Å²) in [5, 5.41) is 7.45. The highest BCUT2D eigenvalue weighted by molar-refractivity contribution is 7.18. The van der Waals surface area contributed by atoms with Crippen molar-refractivity contribution < 1.29 is 0 Å². The van der Waals surface area contributed by atoms with Crippen molar-refractivity contribution in [2.75, 3.05) is 16.4 Å². The first-order valence-electron chi connectivity index (χ1n) is 10.4. The lowest BCUT2D eigenvalue weighted by molar-refractivity contribution is 1.16. The van der Waals surface area contributed by atoms with Crippen molar-refractivity contribution in [2.24, 2.45) is 0 Å². The molecule has 0 bridgehead atoms. The molecular formula is C25H23N7S. The third kappa shape index (κ3) is 4.16. The topological polar surface area (TPSA) is 93.2 Å². The number of imidazole rings is 1. The largest absolute Gasteiger partial charge is 0.382 e. The van der Waals surface area contributed by atoms with Crippen molar-refractivity contribution in [3.8, 4) is 10.6 Å². The number of hydrogen-bond donors (Lipinski definition) is 3. The predicted molar refractivity (Wildman–Crippen MR) is 137 cm³/mol. The minimum Gasteiger partial charge on any atom is -0.382 e. The number of nitrogens with one attached hydrogen (secondary N) is 2. The van der Waals surface area contributed by atoms with Crippen LogP contribution >= 0.6 is 11.3 Å². The van der Waals surface area contributed by atoms with E-state index in [9.17, 15) is 0 Å². The van der Waals surface area contributed by atoms with Gasteiger partial charge in [0.25, 0.3) is 0 Å². The van der Waals surface area contributed by atoms with Crippen LogP contribution in [0.3, 0.4) is 0 Å². The first-order valence-corrected chi connectivity index (χ1v) is 11.2. The average Bonchev–Trinajstić information content (AvgIpc) is 3.38. The van der Waals surface area contributed by atoms with Gasteiger partial charge in [0.05, 0.1) is 22.0 Å². The van der Waals surface area contributed by atoms with E-state index in [1.807, 2.05) is 55.6 Å². The molecule has 33 heavy (non-hydrogen) atoms. The normalized spacial score (nSPS) is 11.0. The number of benzene rings is 1. The summed E-state index contributed by atoms with van der Waals surface area (Å²) in [5.74, 6) is 0.432. The number of pyridine rings is 2. The molecule has 0 saturated heterocycles. The highest BCUT2D eigenvalue weighted by Crippen LogP contribution is 2.34. The summed E-state index contributed by atoms with van der Waals surface area (Å²) in [5.41, 5.74) is 13.4. The molecule has 4 aromatic heterocycles. The third-order valence-corrected chi connectivity index (χ3v) is 6.19. The Balaban J connectivity index is 1.37. The van der Waals surface area contributed by atoms with Gasteiger partial charge in [0.2, 0.25) is 0 Å². The number of aromatic nitrogens is 4. The maximum Gasteiger partial charge on any atom is 0.187 e. The maximum atomic E-state index is 5.93. The molecule has 0 aliphatic carbocycles. The summed E-state index contributed by atoms with van der Waals surface area (Å²) >= 11 is 1.59. The van der Waals surface area contributed by atoms with Gasteiger partial charge in [-0.2, -0.15) is 0 Å². The van der Waals surface area contributed by atoms with Gasteiger partial charge in [0.1, 0.15) is 11.5 Å². The zero-order valence-electron chi connectivity index (χ0n) is 18.3. The number of thiazole rings is 1. The van der Waals surface area contributed by atoms with E-state index in [1.165, 1.54) is 5.56 Å². The molecule has 4 heterocycles. The van der Waals surface area contributed by atoms with Gasteiger partial charge in [-0.3, -0.25) is 4.40 Å². The molecule has 0 unspecified atom stereocenters. The molecule has 5 aromatic rings. The van der Waals surface area contributed by atoms with E-state index in [-0.39, 0.29) is 0 Å². The molecule has 4 N–H and O–H groups in total. The second kappa shape index (κ2) is 8.40. The van der Waals surface area contributed by atoms with Crippen LogP contribution in [0.4, 0.5) is 22.3 Å². The summed E-state index contributed by atoms with van der Waals surface area (Å²) in [6.45, 7) is 8.26. The Hall–Kier alpha value is -4.17. The Labute approximate surface area is 195 Å². The van der Waals surface area contributed by atoms with Gasteiger partial charge in [-0.15, -0.1) is 0 Å². The fourth-order valence-corrected chi connectivity index (χ4v) is 4.60.